The zero-order valence-electron chi connectivity index (χ0n) is 19.1. The molecule has 0 radical (unpaired) electrons. The van der Waals surface area contributed by atoms with Gasteiger partial charge in [-0.1, -0.05) is 30.3 Å². The van der Waals surface area contributed by atoms with Crippen LogP contribution in [-0.4, -0.2) is 40.6 Å². The third-order valence-electron chi connectivity index (χ3n) is 5.15. The monoisotopic (exact) mass is 482 g/mol. The number of hydrogen-bond donors (Lipinski definition) is 2. The quantitative estimate of drug-likeness (QED) is 0.453. The van der Waals surface area contributed by atoms with Gasteiger partial charge in [-0.15, -0.1) is 0 Å². The van der Waals surface area contributed by atoms with Crippen molar-refractivity contribution < 1.29 is 27.5 Å². The van der Waals surface area contributed by atoms with Gasteiger partial charge in [0.25, 0.3) is 0 Å². The molecule has 3 rings (SSSR count). The number of carbonyl (C=O) groups is 2. The first kappa shape index (κ1) is 24.9. The molecule has 3 aromatic rings. The molecule has 0 aromatic heterocycles. The SMILES string of the molecule is COC(=O)c1ccc(NC(=O)[C@@H](Cc2ccccc2)NS(=O)(=O)c2ccc(OC)c(C)c2)cc1. The summed E-state index contributed by atoms with van der Waals surface area (Å²) in [6.45, 7) is 1.74. The van der Waals surface area contributed by atoms with Crippen LogP contribution in [0.2, 0.25) is 0 Å². The van der Waals surface area contributed by atoms with Crippen LogP contribution >= 0.6 is 0 Å². The highest BCUT2D eigenvalue weighted by Gasteiger charge is 2.27. The van der Waals surface area contributed by atoms with Gasteiger partial charge in [0, 0.05) is 5.69 Å². The van der Waals surface area contributed by atoms with Crippen molar-refractivity contribution in [1.29, 1.82) is 0 Å². The van der Waals surface area contributed by atoms with E-state index >= 15 is 0 Å². The average Bonchev–Trinajstić information content (AvgIpc) is 2.84. The first-order chi connectivity index (χ1) is 16.2. The number of benzene rings is 3. The van der Waals surface area contributed by atoms with Gasteiger partial charge in [-0.25, -0.2) is 13.2 Å². The molecule has 1 amide bonds. The lowest BCUT2D eigenvalue weighted by Crippen LogP contribution is -2.45. The highest BCUT2D eigenvalue weighted by atomic mass is 32.2. The number of rotatable bonds is 9. The zero-order valence-corrected chi connectivity index (χ0v) is 19.9. The number of esters is 1. The second-order valence-electron chi connectivity index (χ2n) is 7.55. The minimum absolute atomic E-state index is 0.0269. The smallest absolute Gasteiger partial charge is 0.337 e. The van der Waals surface area contributed by atoms with Gasteiger partial charge in [-0.2, -0.15) is 4.72 Å². The molecule has 0 saturated heterocycles. The summed E-state index contributed by atoms with van der Waals surface area (Å²) in [7, 11) is -1.23. The van der Waals surface area contributed by atoms with E-state index in [-0.39, 0.29) is 11.3 Å². The summed E-state index contributed by atoms with van der Waals surface area (Å²) < 4.78 is 38.6. The average molecular weight is 483 g/mol. The Labute approximate surface area is 199 Å². The minimum Gasteiger partial charge on any atom is -0.496 e. The molecule has 8 nitrogen and oxygen atoms in total. The maximum absolute atomic E-state index is 13.1. The maximum atomic E-state index is 13.1. The third kappa shape index (κ3) is 6.21. The molecule has 0 heterocycles. The molecule has 3 aromatic carbocycles. The van der Waals surface area contributed by atoms with Crippen LogP contribution in [0.5, 0.6) is 5.75 Å². The van der Waals surface area contributed by atoms with Crippen molar-refractivity contribution >= 4 is 27.6 Å². The van der Waals surface area contributed by atoms with E-state index in [1.807, 2.05) is 30.3 Å². The molecule has 0 aliphatic carbocycles. The highest BCUT2D eigenvalue weighted by Crippen LogP contribution is 2.22. The second-order valence-corrected chi connectivity index (χ2v) is 9.27. The number of anilines is 1. The number of methoxy groups -OCH3 is 2. The lowest BCUT2D eigenvalue weighted by Gasteiger charge is -2.19. The van der Waals surface area contributed by atoms with Crippen molar-refractivity contribution in [3.05, 3.63) is 89.5 Å². The Bertz CT molecular complexity index is 1260. The number of carbonyl (C=O) groups excluding carboxylic acids is 2. The predicted octanol–water partition coefficient (Wildman–Crippen LogP) is 3.32. The maximum Gasteiger partial charge on any atom is 0.337 e. The van der Waals surface area contributed by atoms with E-state index in [0.29, 0.717) is 22.6 Å². The number of ether oxygens (including phenoxy) is 2. The number of aryl methyl sites for hydroxylation is 1. The standard InChI is InChI=1S/C25H26N2O6S/c1-17-15-21(13-14-23(17)32-2)34(30,31)27-22(16-18-7-5-4-6-8-18)24(28)26-20-11-9-19(10-12-20)25(29)33-3/h4-15,22,27H,16H2,1-3H3,(H,26,28)/t22-/m1/s1. The van der Waals surface area contributed by atoms with Gasteiger partial charge in [0.1, 0.15) is 11.8 Å². The van der Waals surface area contributed by atoms with Crippen LogP contribution in [0.1, 0.15) is 21.5 Å². The molecular weight excluding hydrogens is 456 g/mol. The minimum atomic E-state index is -4.01. The summed E-state index contributed by atoms with van der Waals surface area (Å²) >= 11 is 0. The molecule has 0 unspecified atom stereocenters. The van der Waals surface area contributed by atoms with E-state index in [4.69, 9.17) is 4.74 Å². The van der Waals surface area contributed by atoms with Crippen molar-refractivity contribution in [1.82, 2.24) is 4.72 Å². The van der Waals surface area contributed by atoms with E-state index in [2.05, 4.69) is 14.8 Å². The van der Waals surface area contributed by atoms with Crippen LogP contribution < -0.4 is 14.8 Å². The Morgan fingerprint density at radius 1 is 0.941 bits per heavy atom. The van der Waals surface area contributed by atoms with Gasteiger partial charge in [0.15, 0.2) is 0 Å². The Balaban J connectivity index is 1.85. The Morgan fingerprint density at radius 3 is 2.21 bits per heavy atom. The van der Waals surface area contributed by atoms with E-state index in [0.717, 1.165) is 5.56 Å². The Kier molecular flexibility index (Phi) is 8.04. The molecule has 0 aliphatic rings. The Hall–Kier alpha value is -3.69. The third-order valence-corrected chi connectivity index (χ3v) is 6.62. The van der Waals surface area contributed by atoms with Crippen LogP contribution in [0.15, 0.2) is 77.7 Å². The lowest BCUT2D eigenvalue weighted by molar-refractivity contribution is -0.117. The zero-order chi connectivity index (χ0) is 24.7. The van der Waals surface area contributed by atoms with Crippen molar-refractivity contribution in [2.45, 2.75) is 24.3 Å². The molecule has 0 fully saturated rings. The molecule has 0 saturated carbocycles. The molecule has 34 heavy (non-hydrogen) atoms. The van der Waals surface area contributed by atoms with E-state index in [1.54, 1.807) is 25.1 Å². The van der Waals surface area contributed by atoms with Crippen molar-refractivity contribution in [3.63, 3.8) is 0 Å². The highest BCUT2D eigenvalue weighted by molar-refractivity contribution is 7.89. The molecule has 0 spiro atoms. The van der Waals surface area contributed by atoms with Crippen molar-refractivity contribution in [2.75, 3.05) is 19.5 Å². The van der Waals surface area contributed by atoms with Crippen LogP contribution in [0, 0.1) is 6.92 Å². The lowest BCUT2D eigenvalue weighted by atomic mass is 10.1. The van der Waals surface area contributed by atoms with Gasteiger partial charge in [0.05, 0.1) is 24.7 Å². The fourth-order valence-corrected chi connectivity index (χ4v) is 4.63. The number of sulfonamides is 1. The van der Waals surface area contributed by atoms with Gasteiger partial charge in [-0.3, -0.25) is 4.79 Å². The molecule has 0 aliphatic heterocycles. The van der Waals surface area contributed by atoms with Gasteiger partial charge in [-0.05, 0) is 66.9 Å². The largest absolute Gasteiger partial charge is 0.496 e. The summed E-state index contributed by atoms with van der Waals surface area (Å²) in [6, 6.07) is 18.6. The van der Waals surface area contributed by atoms with Crippen LogP contribution in [0.3, 0.4) is 0 Å². The molecule has 1 atom stereocenters. The number of hydrogen-bond acceptors (Lipinski definition) is 6. The van der Waals surface area contributed by atoms with Gasteiger partial charge in [0.2, 0.25) is 15.9 Å². The normalized spacial score (nSPS) is 12.0. The molecule has 9 heteroatoms. The van der Waals surface area contributed by atoms with E-state index < -0.39 is 27.9 Å². The molecule has 178 valence electrons. The van der Waals surface area contributed by atoms with Crippen LogP contribution in [-0.2, 0) is 26.0 Å². The van der Waals surface area contributed by atoms with E-state index in [1.165, 1.54) is 38.5 Å². The van der Waals surface area contributed by atoms with Gasteiger partial charge < -0.3 is 14.8 Å². The number of nitrogens with one attached hydrogen (secondary N) is 2. The molecule has 0 bridgehead atoms. The fraction of sp³-hybridized carbons (Fsp3) is 0.200. The molecule has 2 N–H and O–H groups in total. The van der Waals surface area contributed by atoms with Crippen molar-refractivity contribution in [3.8, 4) is 5.75 Å². The van der Waals surface area contributed by atoms with Crippen molar-refractivity contribution in [2.24, 2.45) is 0 Å². The predicted molar refractivity (Wildman–Crippen MR) is 128 cm³/mol. The molecular formula is C25H26N2O6S. The summed E-state index contributed by atoms with van der Waals surface area (Å²) in [4.78, 5) is 24.8. The second kappa shape index (κ2) is 11.0. The van der Waals surface area contributed by atoms with E-state index in [9.17, 15) is 18.0 Å². The summed E-state index contributed by atoms with van der Waals surface area (Å²) in [5.74, 6) is -0.473. The summed E-state index contributed by atoms with van der Waals surface area (Å²) in [5.41, 5.74) is 2.18. The first-order valence-corrected chi connectivity index (χ1v) is 11.9. The van der Waals surface area contributed by atoms with Gasteiger partial charge >= 0.3 is 5.97 Å². The topological polar surface area (TPSA) is 111 Å². The Morgan fingerprint density at radius 2 is 1.62 bits per heavy atom. The first-order valence-electron chi connectivity index (χ1n) is 10.4. The summed E-state index contributed by atoms with van der Waals surface area (Å²) in [6.07, 6.45) is 0.140. The van der Waals surface area contributed by atoms with Crippen LogP contribution in [0.4, 0.5) is 5.69 Å². The van der Waals surface area contributed by atoms with Crippen LogP contribution in [0.25, 0.3) is 0 Å². The summed E-state index contributed by atoms with van der Waals surface area (Å²) in [5, 5.41) is 2.71. The number of amides is 1. The fourth-order valence-electron chi connectivity index (χ4n) is 3.35.